The van der Waals surface area contributed by atoms with Crippen molar-refractivity contribution in [3.63, 3.8) is 0 Å². The number of ether oxygens (including phenoxy) is 1. The van der Waals surface area contributed by atoms with Gasteiger partial charge in [0.2, 0.25) is 5.91 Å². The Kier molecular flexibility index (Phi) is 5.14. The van der Waals surface area contributed by atoms with Gasteiger partial charge in [0.25, 0.3) is 0 Å². The molecular weight excluding hydrogens is 275 g/mol. The van der Waals surface area contributed by atoms with Crippen molar-refractivity contribution >= 4 is 12.0 Å². The molecular formula is C15H19FN2O3. The van der Waals surface area contributed by atoms with E-state index in [-0.39, 0.29) is 24.2 Å². The molecule has 1 aromatic carbocycles. The first-order valence-electron chi connectivity index (χ1n) is 7.04. The molecule has 6 heteroatoms. The summed E-state index contributed by atoms with van der Waals surface area (Å²) in [6.07, 6.45) is -0.0807. The summed E-state index contributed by atoms with van der Waals surface area (Å²) in [5.74, 6) is -0.320. The van der Waals surface area contributed by atoms with Crippen LogP contribution in [-0.2, 0) is 16.0 Å². The third-order valence-corrected chi connectivity index (χ3v) is 3.43. The second kappa shape index (κ2) is 7.06. The molecule has 1 aromatic rings. The number of hydrogen-bond acceptors (Lipinski definition) is 3. The van der Waals surface area contributed by atoms with E-state index in [0.717, 1.165) is 5.56 Å². The zero-order valence-corrected chi connectivity index (χ0v) is 12.0. The lowest BCUT2D eigenvalue weighted by molar-refractivity contribution is -0.132. The van der Waals surface area contributed by atoms with Gasteiger partial charge >= 0.3 is 6.09 Å². The van der Waals surface area contributed by atoms with E-state index in [0.29, 0.717) is 32.8 Å². The lowest BCUT2D eigenvalue weighted by atomic mass is 10.1. The quantitative estimate of drug-likeness (QED) is 0.852. The molecule has 1 fully saturated rings. The molecule has 5 nitrogen and oxygen atoms in total. The van der Waals surface area contributed by atoms with Crippen LogP contribution in [0.3, 0.4) is 0 Å². The Morgan fingerprint density at radius 1 is 1.10 bits per heavy atom. The fourth-order valence-electron chi connectivity index (χ4n) is 2.24. The van der Waals surface area contributed by atoms with Crippen LogP contribution in [0.1, 0.15) is 12.5 Å². The highest BCUT2D eigenvalue weighted by Crippen LogP contribution is 2.09. The molecule has 0 saturated carbocycles. The molecule has 2 amide bonds. The zero-order valence-electron chi connectivity index (χ0n) is 12.0. The highest BCUT2D eigenvalue weighted by molar-refractivity contribution is 5.79. The fraction of sp³-hybridized carbons (Fsp3) is 0.467. The summed E-state index contributed by atoms with van der Waals surface area (Å²) in [4.78, 5) is 27.0. The molecule has 0 unspecified atom stereocenters. The summed E-state index contributed by atoms with van der Waals surface area (Å²) in [5, 5.41) is 0. The van der Waals surface area contributed by atoms with Crippen LogP contribution < -0.4 is 0 Å². The Balaban J connectivity index is 1.83. The molecule has 0 bridgehead atoms. The van der Waals surface area contributed by atoms with E-state index in [2.05, 4.69) is 0 Å². The van der Waals surface area contributed by atoms with Crippen molar-refractivity contribution in [2.75, 3.05) is 32.8 Å². The molecule has 0 N–H and O–H groups in total. The SMILES string of the molecule is CCOC(=O)N1CCN(C(=O)Cc2ccc(F)cc2)CC1. The van der Waals surface area contributed by atoms with E-state index in [1.165, 1.54) is 12.1 Å². The summed E-state index contributed by atoms with van der Waals surface area (Å²) in [7, 11) is 0. The second-order valence-corrected chi connectivity index (χ2v) is 4.87. The van der Waals surface area contributed by atoms with E-state index in [1.54, 1.807) is 28.9 Å². The standard InChI is InChI=1S/C15H19FN2O3/c1-2-21-15(20)18-9-7-17(8-10-18)14(19)11-12-3-5-13(16)6-4-12/h3-6H,2,7-11H2,1H3. The van der Waals surface area contributed by atoms with Crippen molar-refractivity contribution in [2.45, 2.75) is 13.3 Å². The molecule has 0 spiro atoms. The number of rotatable bonds is 3. The van der Waals surface area contributed by atoms with E-state index >= 15 is 0 Å². The maximum Gasteiger partial charge on any atom is 0.409 e. The molecule has 0 radical (unpaired) electrons. The predicted octanol–water partition coefficient (Wildman–Crippen LogP) is 1.67. The average molecular weight is 294 g/mol. The van der Waals surface area contributed by atoms with Gasteiger partial charge in [-0.1, -0.05) is 12.1 Å². The summed E-state index contributed by atoms with van der Waals surface area (Å²) < 4.78 is 17.7. The monoisotopic (exact) mass is 294 g/mol. The van der Waals surface area contributed by atoms with Crippen molar-refractivity contribution in [1.29, 1.82) is 0 Å². The first-order valence-corrected chi connectivity index (χ1v) is 7.04. The van der Waals surface area contributed by atoms with Gasteiger partial charge in [0.1, 0.15) is 5.82 Å². The first-order chi connectivity index (χ1) is 10.1. The fourth-order valence-corrected chi connectivity index (χ4v) is 2.24. The third kappa shape index (κ3) is 4.18. The topological polar surface area (TPSA) is 49.9 Å². The second-order valence-electron chi connectivity index (χ2n) is 4.87. The van der Waals surface area contributed by atoms with Gasteiger partial charge in [0.05, 0.1) is 13.0 Å². The molecule has 21 heavy (non-hydrogen) atoms. The Hall–Kier alpha value is -2.11. The van der Waals surface area contributed by atoms with Gasteiger partial charge in [-0.25, -0.2) is 9.18 Å². The molecule has 0 aromatic heterocycles. The van der Waals surface area contributed by atoms with Crippen LogP contribution >= 0.6 is 0 Å². The summed E-state index contributed by atoms with van der Waals surface area (Å²) in [6, 6.07) is 5.92. The van der Waals surface area contributed by atoms with Crippen LogP contribution in [0, 0.1) is 5.82 Å². The Morgan fingerprint density at radius 2 is 1.67 bits per heavy atom. The number of amides is 2. The zero-order chi connectivity index (χ0) is 15.2. The van der Waals surface area contributed by atoms with Crippen molar-refractivity contribution in [3.8, 4) is 0 Å². The molecule has 1 aliphatic rings. The third-order valence-electron chi connectivity index (χ3n) is 3.43. The number of hydrogen-bond donors (Lipinski definition) is 0. The van der Waals surface area contributed by atoms with Crippen LogP contribution in [0.15, 0.2) is 24.3 Å². The minimum absolute atomic E-state index is 0.00915. The van der Waals surface area contributed by atoms with Crippen molar-refractivity contribution < 1.29 is 18.7 Å². The number of benzene rings is 1. The summed E-state index contributed by atoms with van der Waals surface area (Å²) in [5.41, 5.74) is 0.786. The number of halogens is 1. The molecule has 1 heterocycles. The first kappa shape index (κ1) is 15.3. The maximum atomic E-state index is 12.8. The van der Waals surface area contributed by atoms with Crippen LogP contribution in [-0.4, -0.2) is 54.6 Å². The van der Waals surface area contributed by atoms with Crippen LogP contribution in [0.2, 0.25) is 0 Å². The van der Waals surface area contributed by atoms with Gasteiger partial charge in [-0.05, 0) is 24.6 Å². The predicted molar refractivity (Wildman–Crippen MR) is 75.3 cm³/mol. The Bertz CT molecular complexity index is 496. The van der Waals surface area contributed by atoms with Gasteiger partial charge < -0.3 is 14.5 Å². The molecule has 0 aliphatic carbocycles. The van der Waals surface area contributed by atoms with Crippen LogP contribution in [0.4, 0.5) is 9.18 Å². The summed E-state index contributed by atoms with van der Waals surface area (Å²) in [6.45, 7) is 4.07. The number of piperazine rings is 1. The number of nitrogens with zero attached hydrogens (tertiary/aromatic N) is 2. The highest BCUT2D eigenvalue weighted by Gasteiger charge is 2.24. The molecule has 0 atom stereocenters. The van der Waals surface area contributed by atoms with Crippen molar-refractivity contribution in [2.24, 2.45) is 0 Å². The van der Waals surface area contributed by atoms with E-state index in [1.807, 2.05) is 0 Å². The van der Waals surface area contributed by atoms with Gasteiger partial charge in [-0.3, -0.25) is 4.79 Å². The maximum absolute atomic E-state index is 12.8. The molecule has 1 aliphatic heterocycles. The number of carbonyl (C=O) groups is 2. The van der Waals surface area contributed by atoms with Gasteiger partial charge in [-0.2, -0.15) is 0 Å². The van der Waals surface area contributed by atoms with E-state index in [9.17, 15) is 14.0 Å². The summed E-state index contributed by atoms with van der Waals surface area (Å²) >= 11 is 0. The van der Waals surface area contributed by atoms with Gasteiger partial charge in [-0.15, -0.1) is 0 Å². The lowest BCUT2D eigenvalue weighted by Gasteiger charge is -2.34. The number of carbonyl (C=O) groups excluding carboxylic acids is 2. The van der Waals surface area contributed by atoms with E-state index < -0.39 is 0 Å². The minimum Gasteiger partial charge on any atom is -0.450 e. The molecule has 1 saturated heterocycles. The Labute approximate surface area is 123 Å². The van der Waals surface area contributed by atoms with Crippen molar-refractivity contribution in [3.05, 3.63) is 35.6 Å². The highest BCUT2D eigenvalue weighted by atomic mass is 19.1. The Morgan fingerprint density at radius 3 is 2.24 bits per heavy atom. The molecule has 114 valence electrons. The van der Waals surface area contributed by atoms with Gasteiger partial charge in [0, 0.05) is 26.2 Å². The normalized spacial score (nSPS) is 15.0. The van der Waals surface area contributed by atoms with E-state index in [4.69, 9.17) is 4.74 Å². The molecule has 2 rings (SSSR count). The largest absolute Gasteiger partial charge is 0.450 e. The lowest BCUT2D eigenvalue weighted by Crippen LogP contribution is -2.51. The smallest absolute Gasteiger partial charge is 0.409 e. The van der Waals surface area contributed by atoms with Crippen LogP contribution in [0.5, 0.6) is 0 Å². The minimum atomic E-state index is -0.330. The van der Waals surface area contributed by atoms with Crippen molar-refractivity contribution in [1.82, 2.24) is 9.80 Å². The average Bonchev–Trinajstić information content (AvgIpc) is 2.50. The van der Waals surface area contributed by atoms with Crippen LogP contribution in [0.25, 0.3) is 0 Å². The van der Waals surface area contributed by atoms with Gasteiger partial charge in [0.15, 0.2) is 0 Å².